The molecule has 2 aromatic carbocycles. The summed E-state index contributed by atoms with van der Waals surface area (Å²) in [7, 11) is 0. The van der Waals surface area contributed by atoms with Gasteiger partial charge in [-0.1, -0.05) is 103 Å². The smallest absolute Gasteiger partial charge is 0.0643 e. The maximum atomic E-state index is 4.72. The molecule has 0 spiro atoms. The van der Waals surface area contributed by atoms with Crippen LogP contribution in [0.5, 0.6) is 0 Å². The van der Waals surface area contributed by atoms with Gasteiger partial charge in [0.1, 0.15) is 0 Å². The van der Waals surface area contributed by atoms with Gasteiger partial charge in [-0.3, -0.25) is 9.98 Å². The Morgan fingerprint density at radius 1 is 0.556 bits per heavy atom. The van der Waals surface area contributed by atoms with Gasteiger partial charge in [0.05, 0.1) is 11.4 Å². The molecule has 4 rings (SSSR count). The monoisotopic (exact) mass is 482 g/mol. The molecule has 0 fully saturated rings. The van der Waals surface area contributed by atoms with Crippen molar-refractivity contribution in [3.05, 3.63) is 71.3 Å². The van der Waals surface area contributed by atoms with E-state index < -0.39 is 0 Å². The number of aromatic amines is 2. The lowest BCUT2D eigenvalue weighted by atomic mass is 9.90. The van der Waals surface area contributed by atoms with Gasteiger partial charge in [-0.15, -0.1) is 0 Å². The molecule has 0 aliphatic rings. The molecule has 36 heavy (non-hydrogen) atoms. The summed E-state index contributed by atoms with van der Waals surface area (Å²) in [5, 5.41) is 5.12. The number of fused-ring (bicyclic) bond motifs is 2. The maximum Gasteiger partial charge on any atom is 0.0643 e. The van der Waals surface area contributed by atoms with Crippen molar-refractivity contribution in [3.63, 3.8) is 0 Å². The third-order valence-electron chi connectivity index (χ3n) is 6.76. The summed E-state index contributed by atoms with van der Waals surface area (Å²) in [6.07, 6.45) is 8.64. The van der Waals surface area contributed by atoms with E-state index in [0.717, 1.165) is 37.3 Å². The highest BCUT2D eigenvalue weighted by atomic mass is 14.8. The molecular formula is C32H42N4. The van der Waals surface area contributed by atoms with E-state index in [1.165, 1.54) is 45.8 Å². The van der Waals surface area contributed by atoms with Gasteiger partial charge in [-0.05, 0) is 12.8 Å². The molecule has 0 aliphatic carbocycles. The van der Waals surface area contributed by atoms with Gasteiger partial charge in [0, 0.05) is 69.3 Å². The largest absolute Gasteiger partial charge is 0.356 e. The number of H-pyrrole nitrogens is 2. The van der Waals surface area contributed by atoms with Crippen molar-refractivity contribution in [1.82, 2.24) is 9.97 Å². The predicted molar refractivity (Wildman–Crippen MR) is 157 cm³/mol. The molecule has 2 heterocycles. The van der Waals surface area contributed by atoms with E-state index in [-0.39, 0.29) is 10.8 Å². The lowest BCUT2D eigenvalue weighted by Crippen LogP contribution is -2.12. The topological polar surface area (TPSA) is 56.3 Å². The van der Waals surface area contributed by atoms with Crippen LogP contribution in [0.15, 0.2) is 58.5 Å². The van der Waals surface area contributed by atoms with Crippen LogP contribution in [0.3, 0.4) is 0 Å². The van der Waals surface area contributed by atoms with Gasteiger partial charge in [0.15, 0.2) is 0 Å². The predicted octanol–water partition coefficient (Wildman–Crippen LogP) is 8.34. The summed E-state index contributed by atoms with van der Waals surface area (Å²) in [4.78, 5) is 16.7. The summed E-state index contributed by atoms with van der Waals surface area (Å²) >= 11 is 0. The summed E-state index contributed by atoms with van der Waals surface area (Å²) in [5.74, 6) is 0. The van der Waals surface area contributed by atoms with Gasteiger partial charge >= 0.3 is 0 Å². The number of aromatic nitrogens is 2. The molecule has 190 valence electrons. The van der Waals surface area contributed by atoms with Gasteiger partial charge in [0.25, 0.3) is 0 Å². The molecule has 0 saturated heterocycles. The van der Waals surface area contributed by atoms with Crippen molar-refractivity contribution in [2.75, 3.05) is 13.1 Å². The first-order valence-corrected chi connectivity index (χ1v) is 13.4. The van der Waals surface area contributed by atoms with E-state index in [2.05, 4.69) is 100 Å². The number of benzene rings is 2. The quantitative estimate of drug-likeness (QED) is 0.178. The highest BCUT2D eigenvalue weighted by Gasteiger charge is 2.21. The molecule has 0 unspecified atom stereocenters. The van der Waals surface area contributed by atoms with Gasteiger partial charge in [-0.2, -0.15) is 0 Å². The SMILES string of the molecule is CC(C)(C)c1[nH]c(C=NCCCCCCN=Cc2[nH]c(C(C)(C)C)c3ccccc23)c2ccccc12. The second-order valence-corrected chi connectivity index (χ2v) is 11.9. The average Bonchev–Trinajstić information content (AvgIpc) is 3.39. The van der Waals surface area contributed by atoms with Crippen LogP contribution < -0.4 is 0 Å². The molecule has 2 aromatic heterocycles. The van der Waals surface area contributed by atoms with Crippen molar-refractivity contribution in [2.24, 2.45) is 9.98 Å². The van der Waals surface area contributed by atoms with E-state index in [1.807, 2.05) is 12.4 Å². The van der Waals surface area contributed by atoms with Crippen molar-refractivity contribution < 1.29 is 0 Å². The van der Waals surface area contributed by atoms with Crippen LogP contribution in [-0.4, -0.2) is 35.5 Å². The molecule has 0 saturated carbocycles. The molecule has 0 atom stereocenters. The van der Waals surface area contributed by atoms with Crippen molar-refractivity contribution in [1.29, 1.82) is 0 Å². The lowest BCUT2D eigenvalue weighted by Gasteiger charge is -2.17. The van der Waals surface area contributed by atoms with Crippen molar-refractivity contribution >= 4 is 34.0 Å². The average molecular weight is 483 g/mol. The molecule has 2 N–H and O–H groups in total. The Balaban J connectivity index is 1.23. The maximum absolute atomic E-state index is 4.72. The molecule has 4 heteroatoms. The zero-order valence-corrected chi connectivity index (χ0v) is 22.9. The second-order valence-electron chi connectivity index (χ2n) is 11.9. The molecule has 0 bridgehead atoms. The van der Waals surface area contributed by atoms with E-state index in [4.69, 9.17) is 9.98 Å². The Labute approximate surface area is 216 Å². The first-order chi connectivity index (χ1) is 17.2. The molecular weight excluding hydrogens is 440 g/mol. The Bertz CT molecular complexity index is 1250. The van der Waals surface area contributed by atoms with Crippen molar-refractivity contribution in [3.8, 4) is 0 Å². The highest BCUT2D eigenvalue weighted by molar-refractivity contribution is 6.01. The van der Waals surface area contributed by atoms with E-state index >= 15 is 0 Å². The Morgan fingerprint density at radius 2 is 0.917 bits per heavy atom. The first-order valence-electron chi connectivity index (χ1n) is 13.4. The number of nitrogens with one attached hydrogen (secondary N) is 2. The minimum Gasteiger partial charge on any atom is -0.356 e. The van der Waals surface area contributed by atoms with Crippen LogP contribution in [-0.2, 0) is 10.8 Å². The Hall–Kier alpha value is -3.14. The van der Waals surface area contributed by atoms with Crippen LogP contribution in [0.25, 0.3) is 21.5 Å². The van der Waals surface area contributed by atoms with Gasteiger partial charge < -0.3 is 9.97 Å². The fraction of sp³-hybridized carbons (Fsp3) is 0.438. The number of hydrogen-bond donors (Lipinski definition) is 2. The molecule has 4 nitrogen and oxygen atoms in total. The van der Waals surface area contributed by atoms with Crippen molar-refractivity contribution in [2.45, 2.75) is 78.1 Å². The third kappa shape index (κ3) is 5.98. The molecule has 0 radical (unpaired) electrons. The summed E-state index contributed by atoms with van der Waals surface area (Å²) in [5.41, 5.74) is 4.96. The number of rotatable bonds is 9. The second kappa shape index (κ2) is 10.9. The Morgan fingerprint density at radius 3 is 1.28 bits per heavy atom. The van der Waals surface area contributed by atoms with E-state index in [1.54, 1.807) is 0 Å². The highest BCUT2D eigenvalue weighted by Crippen LogP contribution is 2.32. The van der Waals surface area contributed by atoms with E-state index in [9.17, 15) is 0 Å². The van der Waals surface area contributed by atoms with Crippen LogP contribution >= 0.6 is 0 Å². The summed E-state index contributed by atoms with van der Waals surface area (Å²) in [6, 6.07) is 17.2. The fourth-order valence-electron chi connectivity index (χ4n) is 4.87. The normalized spacial score (nSPS) is 13.2. The number of aliphatic imine (C=N–C) groups is 2. The van der Waals surface area contributed by atoms with Crippen LogP contribution in [0.1, 0.15) is 90.0 Å². The molecule has 4 aromatic rings. The number of unbranched alkanes of at least 4 members (excludes halogenated alkanes) is 3. The number of nitrogens with zero attached hydrogens (tertiary/aromatic N) is 2. The third-order valence-corrected chi connectivity index (χ3v) is 6.76. The Kier molecular flexibility index (Phi) is 7.82. The summed E-state index contributed by atoms with van der Waals surface area (Å²) in [6.45, 7) is 15.2. The van der Waals surface area contributed by atoms with Crippen LogP contribution in [0.2, 0.25) is 0 Å². The van der Waals surface area contributed by atoms with Crippen LogP contribution in [0.4, 0.5) is 0 Å². The lowest BCUT2D eigenvalue weighted by molar-refractivity contribution is 0.577. The fourth-order valence-corrected chi connectivity index (χ4v) is 4.87. The molecule has 0 amide bonds. The standard InChI is InChI=1S/C32H42N4/c1-31(2,3)29-25-17-11-9-15-23(25)27(35-29)21-33-19-13-7-8-14-20-34-22-28-24-16-10-12-18-26(24)30(36-28)32(4,5)6/h9-12,15-18,21-22,35-36H,7-8,13-14,19-20H2,1-6H3. The first kappa shape index (κ1) is 25.9. The van der Waals surface area contributed by atoms with Gasteiger partial charge in [0.2, 0.25) is 0 Å². The van der Waals surface area contributed by atoms with E-state index in [0.29, 0.717) is 0 Å². The van der Waals surface area contributed by atoms with Crippen LogP contribution in [0, 0.1) is 0 Å². The number of hydrogen-bond acceptors (Lipinski definition) is 2. The minimum absolute atomic E-state index is 0.0804. The minimum atomic E-state index is 0.0804. The zero-order valence-electron chi connectivity index (χ0n) is 22.9. The van der Waals surface area contributed by atoms with Gasteiger partial charge in [-0.25, -0.2) is 0 Å². The molecule has 0 aliphatic heterocycles. The summed E-state index contributed by atoms with van der Waals surface area (Å²) < 4.78 is 0. The zero-order chi connectivity index (χ0) is 25.8.